The fourth-order valence-corrected chi connectivity index (χ4v) is 1.59. The highest BCUT2D eigenvalue weighted by molar-refractivity contribution is 5.72. The van der Waals surface area contributed by atoms with Crippen molar-refractivity contribution < 1.29 is 9.84 Å². The largest absolute Gasteiger partial charge is 0.492 e. The van der Waals surface area contributed by atoms with E-state index in [9.17, 15) is 0 Å². The summed E-state index contributed by atoms with van der Waals surface area (Å²) in [5.74, 6) is 1.13. The maximum Gasteiger partial charge on any atom is 0.144 e. The number of nitrogens with one attached hydrogen (secondary N) is 1. The predicted octanol–water partition coefficient (Wildman–Crippen LogP) is 2.10. The van der Waals surface area contributed by atoms with E-state index in [4.69, 9.17) is 15.6 Å². The predicted molar refractivity (Wildman–Crippen MR) is 71.4 cm³/mol. The molecule has 0 aliphatic carbocycles. The Hall–Kier alpha value is -1.42. The van der Waals surface area contributed by atoms with Gasteiger partial charge in [0.1, 0.15) is 5.75 Å². The number of aliphatic hydroxyl groups is 1. The molecule has 4 N–H and O–H groups in total. The summed E-state index contributed by atoms with van der Waals surface area (Å²) in [5, 5.41) is 12.1. The Morgan fingerprint density at radius 2 is 2.24 bits per heavy atom. The van der Waals surface area contributed by atoms with Gasteiger partial charge in [-0.25, -0.2) is 0 Å². The minimum absolute atomic E-state index is 0.220. The summed E-state index contributed by atoms with van der Waals surface area (Å²) in [4.78, 5) is 0. The Bertz CT molecular complexity index is 342. The van der Waals surface area contributed by atoms with Gasteiger partial charge in [0.05, 0.1) is 18.0 Å². The van der Waals surface area contributed by atoms with Crippen LogP contribution in [-0.4, -0.2) is 24.9 Å². The molecule has 4 nitrogen and oxygen atoms in total. The minimum Gasteiger partial charge on any atom is -0.492 e. The number of rotatable bonds is 7. The van der Waals surface area contributed by atoms with Crippen LogP contribution in [0.3, 0.4) is 0 Å². The Morgan fingerprint density at radius 3 is 2.88 bits per heavy atom. The number of ether oxygens (including phenoxy) is 1. The number of hydrogen-bond donors (Lipinski definition) is 3. The van der Waals surface area contributed by atoms with Crippen LogP contribution in [0.25, 0.3) is 0 Å². The lowest BCUT2D eigenvalue weighted by atomic mass is 10.1. The van der Waals surface area contributed by atoms with Gasteiger partial charge in [0, 0.05) is 13.2 Å². The molecule has 0 saturated heterocycles. The SMILES string of the molecule is CCOc1cccc(NCC(C)CCO)c1N. The average molecular weight is 238 g/mol. The maximum absolute atomic E-state index is 8.83. The molecule has 0 aliphatic rings. The van der Waals surface area contributed by atoms with Gasteiger partial charge < -0.3 is 20.9 Å². The zero-order valence-corrected chi connectivity index (χ0v) is 10.6. The van der Waals surface area contributed by atoms with Crippen LogP contribution in [0.5, 0.6) is 5.75 Å². The number of aliphatic hydroxyl groups excluding tert-OH is 1. The first-order chi connectivity index (χ1) is 8.19. The standard InChI is InChI=1S/C13H22N2O2/c1-3-17-12-6-4-5-11(13(12)14)15-9-10(2)7-8-16/h4-6,10,15-16H,3,7-9,14H2,1-2H3. The number of para-hydroxylation sites is 1. The maximum atomic E-state index is 8.83. The van der Waals surface area contributed by atoms with Gasteiger partial charge in [0.15, 0.2) is 0 Å². The molecule has 0 radical (unpaired) electrons. The van der Waals surface area contributed by atoms with Crippen LogP contribution >= 0.6 is 0 Å². The van der Waals surface area contributed by atoms with Crippen molar-refractivity contribution in [1.82, 2.24) is 0 Å². The lowest BCUT2D eigenvalue weighted by molar-refractivity contribution is 0.266. The molecule has 0 saturated carbocycles. The molecule has 0 spiro atoms. The van der Waals surface area contributed by atoms with Crippen LogP contribution in [0.2, 0.25) is 0 Å². The first-order valence-electron chi connectivity index (χ1n) is 6.05. The van der Waals surface area contributed by atoms with Crippen molar-refractivity contribution in [1.29, 1.82) is 0 Å². The number of nitrogen functional groups attached to an aromatic ring is 1. The topological polar surface area (TPSA) is 67.5 Å². The first-order valence-corrected chi connectivity index (χ1v) is 6.05. The minimum atomic E-state index is 0.220. The summed E-state index contributed by atoms with van der Waals surface area (Å²) in [6.07, 6.45) is 0.790. The third kappa shape index (κ3) is 4.15. The van der Waals surface area contributed by atoms with Crippen LogP contribution in [0, 0.1) is 5.92 Å². The van der Waals surface area contributed by atoms with E-state index >= 15 is 0 Å². The Balaban J connectivity index is 2.61. The highest BCUT2D eigenvalue weighted by atomic mass is 16.5. The van der Waals surface area contributed by atoms with Gasteiger partial charge in [-0.1, -0.05) is 13.0 Å². The molecular weight excluding hydrogens is 216 g/mol. The average Bonchev–Trinajstić information content (AvgIpc) is 2.31. The van der Waals surface area contributed by atoms with Crippen LogP contribution in [0.15, 0.2) is 18.2 Å². The molecule has 1 rings (SSSR count). The van der Waals surface area contributed by atoms with Gasteiger partial charge in [-0.3, -0.25) is 0 Å². The normalized spacial score (nSPS) is 12.2. The second kappa shape index (κ2) is 7.01. The van der Waals surface area contributed by atoms with Gasteiger partial charge in [0.25, 0.3) is 0 Å². The molecule has 96 valence electrons. The van der Waals surface area contributed by atoms with E-state index in [2.05, 4.69) is 12.2 Å². The van der Waals surface area contributed by atoms with Gasteiger partial charge in [0.2, 0.25) is 0 Å². The van der Waals surface area contributed by atoms with Crippen molar-refractivity contribution in [2.24, 2.45) is 5.92 Å². The third-order valence-electron chi connectivity index (χ3n) is 2.63. The summed E-state index contributed by atoms with van der Waals surface area (Å²) in [6.45, 7) is 5.64. The van der Waals surface area contributed by atoms with Crippen molar-refractivity contribution in [2.75, 3.05) is 30.8 Å². The van der Waals surface area contributed by atoms with Crippen molar-refractivity contribution in [2.45, 2.75) is 20.3 Å². The fraction of sp³-hybridized carbons (Fsp3) is 0.538. The molecule has 0 heterocycles. The molecule has 1 unspecified atom stereocenters. The molecule has 0 amide bonds. The number of hydrogen-bond acceptors (Lipinski definition) is 4. The summed E-state index contributed by atoms with van der Waals surface area (Å²) in [6, 6.07) is 5.71. The quantitative estimate of drug-likeness (QED) is 0.636. The number of nitrogens with two attached hydrogens (primary N) is 1. The molecule has 0 aromatic heterocycles. The molecule has 1 aromatic carbocycles. The molecule has 4 heteroatoms. The first kappa shape index (κ1) is 13.6. The monoisotopic (exact) mass is 238 g/mol. The molecule has 0 bridgehead atoms. The molecule has 1 atom stereocenters. The Kier molecular flexibility index (Phi) is 5.63. The van der Waals surface area contributed by atoms with Gasteiger partial charge in [-0.2, -0.15) is 0 Å². The molecule has 17 heavy (non-hydrogen) atoms. The van der Waals surface area contributed by atoms with E-state index in [0.29, 0.717) is 24.0 Å². The molecule has 1 aromatic rings. The lowest BCUT2D eigenvalue weighted by Gasteiger charge is -2.15. The second-order valence-corrected chi connectivity index (χ2v) is 4.15. The van der Waals surface area contributed by atoms with Crippen LogP contribution in [-0.2, 0) is 0 Å². The van der Waals surface area contributed by atoms with E-state index in [-0.39, 0.29) is 6.61 Å². The molecule has 0 fully saturated rings. The fourth-order valence-electron chi connectivity index (χ4n) is 1.59. The van der Waals surface area contributed by atoms with Crippen molar-refractivity contribution in [3.63, 3.8) is 0 Å². The lowest BCUT2D eigenvalue weighted by Crippen LogP contribution is -2.13. The number of benzene rings is 1. The van der Waals surface area contributed by atoms with E-state index in [1.807, 2.05) is 25.1 Å². The zero-order chi connectivity index (χ0) is 12.7. The highest BCUT2D eigenvalue weighted by Gasteiger charge is 2.07. The van der Waals surface area contributed by atoms with E-state index in [1.165, 1.54) is 0 Å². The highest BCUT2D eigenvalue weighted by Crippen LogP contribution is 2.29. The molecular formula is C13H22N2O2. The van der Waals surface area contributed by atoms with Crippen LogP contribution in [0.4, 0.5) is 11.4 Å². The van der Waals surface area contributed by atoms with Crippen LogP contribution in [0.1, 0.15) is 20.3 Å². The van der Waals surface area contributed by atoms with Crippen molar-refractivity contribution >= 4 is 11.4 Å². The van der Waals surface area contributed by atoms with Gasteiger partial charge in [-0.05, 0) is 31.4 Å². The summed E-state index contributed by atoms with van der Waals surface area (Å²) in [7, 11) is 0. The van der Waals surface area contributed by atoms with Crippen molar-refractivity contribution in [3.05, 3.63) is 18.2 Å². The Morgan fingerprint density at radius 1 is 1.47 bits per heavy atom. The number of anilines is 2. The summed E-state index contributed by atoms with van der Waals surface area (Å²) in [5.41, 5.74) is 7.53. The van der Waals surface area contributed by atoms with E-state index in [0.717, 1.165) is 18.7 Å². The summed E-state index contributed by atoms with van der Waals surface area (Å²) < 4.78 is 5.43. The van der Waals surface area contributed by atoms with Crippen molar-refractivity contribution in [3.8, 4) is 5.75 Å². The second-order valence-electron chi connectivity index (χ2n) is 4.15. The smallest absolute Gasteiger partial charge is 0.144 e. The van der Waals surface area contributed by atoms with E-state index in [1.54, 1.807) is 0 Å². The Labute approximate surface area is 103 Å². The third-order valence-corrected chi connectivity index (χ3v) is 2.63. The van der Waals surface area contributed by atoms with E-state index < -0.39 is 0 Å². The van der Waals surface area contributed by atoms with Crippen LogP contribution < -0.4 is 15.8 Å². The summed E-state index contributed by atoms with van der Waals surface area (Å²) >= 11 is 0. The van der Waals surface area contributed by atoms with Gasteiger partial charge in [-0.15, -0.1) is 0 Å². The zero-order valence-electron chi connectivity index (χ0n) is 10.6. The van der Waals surface area contributed by atoms with Gasteiger partial charge >= 0.3 is 0 Å². The molecule has 0 aliphatic heterocycles.